The molecule has 1 amide bonds. The number of rotatable bonds is 2. The van der Waals surface area contributed by atoms with Crippen LogP contribution in [0.25, 0.3) is 11.3 Å². The standard InChI is InChI=1S/C21H23N5O/c1-14-19(15(2)23-13-22-14)21(27)26-11-9-17-18(10-12-26)24-25(3)20(17)16-7-5-4-6-8-16/h4-8,13H,9-12H2,1-3H3. The van der Waals surface area contributed by atoms with E-state index in [-0.39, 0.29) is 5.91 Å². The smallest absolute Gasteiger partial charge is 0.257 e. The molecule has 6 nitrogen and oxygen atoms in total. The highest BCUT2D eigenvalue weighted by Gasteiger charge is 2.26. The lowest BCUT2D eigenvalue weighted by molar-refractivity contribution is 0.0760. The minimum atomic E-state index is 0.0152. The van der Waals surface area contributed by atoms with E-state index in [4.69, 9.17) is 5.10 Å². The van der Waals surface area contributed by atoms with E-state index in [1.807, 2.05) is 48.7 Å². The van der Waals surface area contributed by atoms with Crippen LogP contribution >= 0.6 is 0 Å². The number of aryl methyl sites for hydroxylation is 3. The number of carbonyl (C=O) groups excluding carboxylic acids is 1. The van der Waals surface area contributed by atoms with E-state index in [0.717, 1.165) is 41.2 Å². The van der Waals surface area contributed by atoms with E-state index in [1.165, 1.54) is 11.9 Å². The molecule has 138 valence electrons. The molecule has 0 saturated carbocycles. The second kappa shape index (κ2) is 6.95. The van der Waals surface area contributed by atoms with Gasteiger partial charge in [0, 0.05) is 37.7 Å². The molecule has 27 heavy (non-hydrogen) atoms. The van der Waals surface area contributed by atoms with Gasteiger partial charge < -0.3 is 4.90 Å². The summed E-state index contributed by atoms with van der Waals surface area (Å²) in [5.74, 6) is 0.0152. The molecule has 0 aliphatic carbocycles. The van der Waals surface area contributed by atoms with Gasteiger partial charge in [0.05, 0.1) is 28.3 Å². The zero-order valence-corrected chi connectivity index (χ0v) is 15.9. The summed E-state index contributed by atoms with van der Waals surface area (Å²) in [6.45, 7) is 5.06. The summed E-state index contributed by atoms with van der Waals surface area (Å²) >= 11 is 0. The average Bonchev–Trinajstić information content (AvgIpc) is 2.83. The van der Waals surface area contributed by atoms with Crippen LogP contribution in [0.4, 0.5) is 0 Å². The molecule has 3 heterocycles. The minimum absolute atomic E-state index is 0.0152. The molecule has 1 aromatic carbocycles. The number of nitrogens with zero attached hydrogens (tertiary/aromatic N) is 5. The second-order valence-corrected chi connectivity index (χ2v) is 6.98. The summed E-state index contributed by atoms with van der Waals surface area (Å²) in [7, 11) is 1.99. The molecule has 0 N–H and O–H groups in total. The van der Waals surface area contributed by atoms with Crippen molar-refractivity contribution < 1.29 is 4.79 Å². The van der Waals surface area contributed by atoms with Crippen LogP contribution in [-0.2, 0) is 19.9 Å². The summed E-state index contributed by atoms with van der Waals surface area (Å²) in [6, 6.07) is 10.3. The summed E-state index contributed by atoms with van der Waals surface area (Å²) in [4.78, 5) is 23.4. The maximum Gasteiger partial charge on any atom is 0.257 e. The largest absolute Gasteiger partial charge is 0.338 e. The maximum absolute atomic E-state index is 13.1. The van der Waals surface area contributed by atoms with E-state index < -0.39 is 0 Å². The Hall–Kier alpha value is -3.02. The van der Waals surface area contributed by atoms with Crippen LogP contribution in [-0.4, -0.2) is 43.6 Å². The number of carbonyl (C=O) groups is 1. The minimum Gasteiger partial charge on any atom is -0.338 e. The molecule has 1 aliphatic heterocycles. The Kier molecular flexibility index (Phi) is 4.48. The summed E-state index contributed by atoms with van der Waals surface area (Å²) < 4.78 is 1.97. The van der Waals surface area contributed by atoms with Crippen LogP contribution in [0.5, 0.6) is 0 Å². The Morgan fingerprint density at radius 2 is 1.67 bits per heavy atom. The zero-order chi connectivity index (χ0) is 19.0. The van der Waals surface area contributed by atoms with Gasteiger partial charge in [-0.2, -0.15) is 5.10 Å². The number of aromatic nitrogens is 4. The molecule has 2 aromatic heterocycles. The van der Waals surface area contributed by atoms with Crippen molar-refractivity contribution in [3.63, 3.8) is 0 Å². The van der Waals surface area contributed by atoms with Crippen LogP contribution in [0.15, 0.2) is 36.7 Å². The van der Waals surface area contributed by atoms with Crippen LogP contribution in [0.1, 0.15) is 33.0 Å². The van der Waals surface area contributed by atoms with Crippen molar-refractivity contribution in [3.05, 3.63) is 64.9 Å². The molecule has 0 fully saturated rings. The SMILES string of the molecule is Cc1ncnc(C)c1C(=O)N1CCc2nn(C)c(-c3ccccc3)c2CC1. The van der Waals surface area contributed by atoms with E-state index >= 15 is 0 Å². The molecule has 1 aliphatic rings. The first-order valence-corrected chi connectivity index (χ1v) is 9.24. The van der Waals surface area contributed by atoms with E-state index in [1.54, 1.807) is 0 Å². The van der Waals surface area contributed by atoms with Crippen LogP contribution in [0, 0.1) is 13.8 Å². The third-order valence-corrected chi connectivity index (χ3v) is 5.25. The number of amides is 1. The Morgan fingerprint density at radius 3 is 2.37 bits per heavy atom. The van der Waals surface area contributed by atoms with Crippen LogP contribution < -0.4 is 0 Å². The highest BCUT2D eigenvalue weighted by atomic mass is 16.2. The van der Waals surface area contributed by atoms with Crippen LogP contribution in [0.3, 0.4) is 0 Å². The number of benzene rings is 1. The molecule has 0 radical (unpaired) electrons. The third-order valence-electron chi connectivity index (χ3n) is 5.25. The van der Waals surface area contributed by atoms with Crippen molar-refractivity contribution in [2.75, 3.05) is 13.1 Å². The molecule has 0 spiro atoms. The van der Waals surface area contributed by atoms with Gasteiger partial charge in [0.2, 0.25) is 0 Å². The molecular formula is C21H23N5O. The lowest BCUT2D eigenvalue weighted by Gasteiger charge is -2.22. The molecule has 0 saturated heterocycles. The fraction of sp³-hybridized carbons (Fsp3) is 0.333. The van der Waals surface area contributed by atoms with Crippen LogP contribution in [0.2, 0.25) is 0 Å². The van der Waals surface area contributed by atoms with E-state index in [0.29, 0.717) is 18.7 Å². The molecule has 4 rings (SSSR count). The average molecular weight is 361 g/mol. The van der Waals surface area contributed by atoms with Gasteiger partial charge >= 0.3 is 0 Å². The first-order chi connectivity index (χ1) is 13.1. The molecule has 0 unspecified atom stereocenters. The molecular weight excluding hydrogens is 338 g/mol. The number of fused-ring (bicyclic) bond motifs is 1. The fourth-order valence-electron chi connectivity index (χ4n) is 3.91. The van der Waals surface area contributed by atoms with Crippen molar-refractivity contribution in [2.24, 2.45) is 7.05 Å². The zero-order valence-electron chi connectivity index (χ0n) is 15.9. The van der Waals surface area contributed by atoms with Crippen molar-refractivity contribution in [3.8, 4) is 11.3 Å². The normalized spacial score (nSPS) is 14.0. The van der Waals surface area contributed by atoms with Gasteiger partial charge in [-0.25, -0.2) is 9.97 Å². The molecule has 3 aromatic rings. The van der Waals surface area contributed by atoms with Gasteiger partial charge in [-0.1, -0.05) is 30.3 Å². The van der Waals surface area contributed by atoms with Gasteiger partial charge in [0.15, 0.2) is 0 Å². The van der Waals surface area contributed by atoms with Gasteiger partial charge in [-0.3, -0.25) is 9.48 Å². The lowest BCUT2D eigenvalue weighted by Crippen LogP contribution is -2.34. The van der Waals surface area contributed by atoms with Gasteiger partial charge in [-0.15, -0.1) is 0 Å². The molecule has 6 heteroatoms. The first kappa shape index (κ1) is 17.4. The van der Waals surface area contributed by atoms with Gasteiger partial charge in [0.1, 0.15) is 6.33 Å². The highest BCUT2D eigenvalue weighted by Crippen LogP contribution is 2.29. The Labute approximate surface area is 158 Å². The van der Waals surface area contributed by atoms with Gasteiger partial charge in [-0.05, 0) is 20.3 Å². The number of hydrogen-bond acceptors (Lipinski definition) is 4. The third kappa shape index (κ3) is 3.12. The predicted molar refractivity (Wildman–Crippen MR) is 103 cm³/mol. The van der Waals surface area contributed by atoms with Crippen molar-refractivity contribution >= 4 is 5.91 Å². The number of hydrogen-bond donors (Lipinski definition) is 0. The van der Waals surface area contributed by atoms with Crippen molar-refractivity contribution in [1.82, 2.24) is 24.6 Å². The topological polar surface area (TPSA) is 63.9 Å². The summed E-state index contributed by atoms with van der Waals surface area (Å²) in [5.41, 5.74) is 6.74. The van der Waals surface area contributed by atoms with E-state index in [2.05, 4.69) is 22.1 Å². The molecule has 0 bridgehead atoms. The first-order valence-electron chi connectivity index (χ1n) is 9.24. The van der Waals surface area contributed by atoms with Crippen molar-refractivity contribution in [1.29, 1.82) is 0 Å². The quantitative estimate of drug-likeness (QED) is 0.704. The summed E-state index contributed by atoms with van der Waals surface area (Å²) in [5, 5.41) is 4.74. The Balaban J connectivity index is 1.63. The van der Waals surface area contributed by atoms with Gasteiger partial charge in [0.25, 0.3) is 5.91 Å². The summed E-state index contributed by atoms with van der Waals surface area (Å²) in [6.07, 6.45) is 3.06. The fourth-order valence-corrected chi connectivity index (χ4v) is 3.91. The monoisotopic (exact) mass is 361 g/mol. The van der Waals surface area contributed by atoms with E-state index in [9.17, 15) is 4.79 Å². The maximum atomic E-state index is 13.1. The lowest BCUT2D eigenvalue weighted by atomic mass is 10.0. The molecule has 0 atom stereocenters. The second-order valence-electron chi connectivity index (χ2n) is 6.98. The Morgan fingerprint density at radius 1 is 1.00 bits per heavy atom. The van der Waals surface area contributed by atoms with Crippen molar-refractivity contribution in [2.45, 2.75) is 26.7 Å². The highest BCUT2D eigenvalue weighted by molar-refractivity contribution is 5.96. The Bertz CT molecular complexity index is 973. The predicted octanol–water partition coefficient (Wildman–Crippen LogP) is 2.73.